The average Bonchev–Trinajstić information content (AvgIpc) is 2.83. The van der Waals surface area contributed by atoms with Gasteiger partial charge < -0.3 is 20.9 Å². The minimum Gasteiger partial charge on any atom is -0.396 e. The van der Waals surface area contributed by atoms with Gasteiger partial charge in [0.25, 0.3) is 0 Å². The average molecular weight is 298 g/mol. The zero-order valence-electron chi connectivity index (χ0n) is 13.9. The molecule has 5 nitrogen and oxygen atoms in total. The summed E-state index contributed by atoms with van der Waals surface area (Å²) in [5, 5.41) is 12.3. The lowest BCUT2D eigenvalue weighted by molar-refractivity contribution is -0.176. The summed E-state index contributed by atoms with van der Waals surface area (Å²) in [6.45, 7) is 10.9. The standard InChI is InChI=1S/C16H30N2O3/c1-14(2,3)11(6-8-19)18-13(20)16(17)10-7-9-21-12(10)15(16,4)5/h10-12,19H,6-9,17H2,1-5H3,(H,18,20). The molecule has 4 unspecified atom stereocenters. The van der Waals surface area contributed by atoms with Gasteiger partial charge >= 0.3 is 0 Å². The van der Waals surface area contributed by atoms with Crippen LogP contribution in [-0.2, 0) is 9.53 Å². The number of aliphatic hydroxyl groups is 1. The van der Waals surface area contributed by atoms with Crippen molar-refractivity contribution >= 4 is 5.91 Å². The van der Waals surface area contributed by atoms with Crippen LogP contribution in [-0.4, -0.2) is 41.9 Å². The van der Waals surface area contributed by atoms with Gasteiger partial charge in [-0.1, -0.05) is 34.6 Å². The Morgan fingerprint density at radius 2 is 2.10 bits per heavy atom. The molecule has 122 valence electrons. The van der Waals surface area contributed by atoms with Crippen molar-refractivity contribution in [2.75, 3.05) is 13.2 Å². The van der Waals surface area contributed by atoms with Crippen LogP contribution in [0.2, 0.25) is 0 Å². The van der Waals surface area contributed by atoms with Gasteiger partial charge in [-0.25, -0.2) is 0 Å². The van der Waals surface area contributed by atoms with Crippen molar-refractivity contribution in [1.82, 2.24) is 5.32 Å². The molecule has 2 aliphatic rings. The van der Waals surface area contributed by atoms with E-state index >= 15 is 0 Å². The van der Waals surface area contributed by atoms with Crippen molar-refractivity contribution in [3.8, 4) is 0 Å². The third-order valence-corrected chi connectivity index (χ3v) is 5.60. The number of hydrogen-bond donors (Lipinski definition) is 3. The molecule has 0 aromatic rings. The Bertz CT molecular complexity index is 416. The van der Waals surface area contributed by atoms with Crippen LogP contribution in [0.4, 0.5) is 0 Å². The molecule has 1 saturated heterocycles. The molecular weight excluding hydrogens is 268 g/mol. The van der Waals surface area contributed by atoms with Crippen LogP contribution in [0.5, 0.6) is 0 Å². The quantitative estimate of drug-likeness (QED) is 0.724. The molecule has 4 N–H and O–H groups in total. The molecule has 1 amide bonds. The molecule has 0 spiro atoms. The summed E-state index contributed by atoms with van der Waals surface area (Å²) < 4.78 is 5.73. The first-order valence-corrected chi connectivity index (χ1v) is 7.89. The highest BCUT2D eigenvalue weighted by Crippen LogP contribution is 2.58. The van der Waals surface area contributed by atoms with Gasteiger partial charge in [-0.3, -0.25) is 4.79 Å². The number of aliphatic hydroxyl groups excluding tert-OH is 1. The Hall–Kier alpha value is -0.650. The minimum atomic E-state index is -0.882. The van der Waals surface area contributed by atoms with Crippen LogP contribution in [0.15, 0.2) is 0 Å². The van der Waals surface area contributed by atoms with Crippen molar-refractivity contribution in [1.29, 1.82) is 0 Å². The summed E-state index contributed by atoms with van der Waals surface area (Å²) in [6.07, 6.45) is 1.47. The Balaban J connectivity index is 2.15. The molecule has 0 bridgehead atoms. The zero-order valence-corrected chi connectivity index (χ0v) is 13.9. The number of fused-ring (bicyclic) bond motifs is 1. The summed E-state index contributed by atoms with van der Waals surface area (Å²) in [7, 11) is 0. The highest BCUT2D eigenvalue weighted by molar-refractivity contribution is 5.89. The molecular formula is C16H30N2O3. The van der Waals surface area contributed by atoms with E-state index in [1.54, 1.807) is 0 Å². The molecule has 4 atom stereocenters. The van der Waals surface area contributed by atoms with Crippen LogP contribution in [0, 0.1) is 16.7 Å². The first kappa shape index (κ1) is 16.7. The number of rotatable bonds is 4. The monoisotopic (exact) mass is 298 g/mol. The van der Waals surface area contributed by atoms with Crippen molar-refractivity contribution in [3.05, 3.63) is 0 Å². The van der Waals surface area contributed by atoms with Gasteiger partial charge in [-0.2, -0.15) is 0 Å². The topological polar surface area (TPSA) is 84.6 Å². The highest BCUT2D eigenvalue weighted by Gasteiger charge is 2.71. The summed E-state index contributed by atoms with van der Waals surface area (Å²) in [5.41, 5.74) is 5.18. The van der Waals surface area contributed by atoms with Crippen LogP contribution in [0.3, 0.4) is 0 Å². The number of amides is 1. The molecule has 1 aliphatic heterocycles. The summed E-state index contributed by atoms with van der Waals surface area (Å²) in [5.74, 6) is -0.00475. The van der Waals surface area contributed by atoms with Crippen molar-refractivity contribution in [3.63, 3.8) is 0 Å². The Kier molecular flexibility index (Phi) is 4.15. The van der Waals surface area contributed by atoms with Crippen molar-refractivity contribution < 1.29 is 14.6 Å². The number of carbonyl (C=O) groups is 1. The van der Waals surface area contributed by atoms with E-state index in [-0.39, 0.29) is 41.4 Å². The summed E-state index contributed by atoms with van der Waals surface area (Å²) >= 11 is 0. The summed E-state index contributed by atoms with van der Waals surface area (Å²) in [4.78, 5) is 12.9. The van der Waals surface area contributed by atoms with Crippen LogP contribution in [0.25, 0.3) is 0 Å². The van der Waals surface area contributed by atoms with E-state index in [2.05, 4.69) is 26.1 Å². The van der Waals surface area contributed by atoms with E-state index in [1.165, 1.54) is 0 Å². The molecule has 0 aromatic carbocycles. The molecule has 1 saturated carbocycles. The third kappa shape index (κ3) is 2.39. The van der Waals surface area contributed by atoms with Gasteiger partial charge in [0.15, 0.2) is 0 Å². The maximum absolute atomic E-state index is 12.9. The van der Waals surface area contributed by atoms with Gasteiger partial charge in [-0.05, 0) is 18.3 Å². The first-order valence-electron chi connectivity index (χ1n) is 7.89. The van der Waals surface area contributed by atoms with Gasteiger partial charge in [0.05, 0.1) is 6.10 Å². The molecule has 5 heteroatoms. The number of hydrogen-bond acceptors (Lipinski definition) is 4. The molecule has 0 aromatic heterocycles. The second-order valence-corrected chi connectivity index (χ2v) is 8.18. The Labute approximate surface area is 127 Å². The predicted molar refractivity (Wildman–Crippen MR) is 81.6 cm³/mol. The lowest BCUT2D eigenvalue weighted by Crippen LogP contribution is -2.80. The maximum atomic E-state index is 12.9. The van der Waals surface area contributed by atoms with Gasteiger partial charge in [0.1, 0.15) is 5.54 Å². The van der Waals surface area contributed by atoms with Crippen molar-refractivity contribution in [2.45, 2.75) is 65.1 Å². The fraction of sp³-hybridized carbons (Fsp3) is 0.938. The predicted octanol–water partition coefficient (Wildman–Crippen LogP) is 1.04. The minimum absolute atomic E-state index is 0.0539. The fourth-order valence-corrected chi connectivity index (χ4v) is 3.97. The van der Waals surface area contributed by atoms with E-state index in [0.717, 1.165) is 6.42 Å². The fourth-order valence-electron chi connectivity index (χ4n) is 3.97. The molecule has 1 aliphatic carbocycles. The van der Waals surface area contributed by atoms with Crippen LogP contribution >= 0.6 is 0 Å². The largest absolute Gasteiger partial charge is 0.396 e. The van der Waals surface area contributed by atoms with E-state index in [1.807, 2.05) is 13.8 Å². The van der Waals surface area contributed by atoms with Crippen LogP contribution < -0.4 is 11.1 Å². The van der Waals surface area contributed by atoms with E-state index in [4.69, 9.17) is 10.5 Å². The Morgan fingerprint density at radius 1 is 1.48 bits per heavy atom. The van der Waals surface area contributed by atoms with Crippen LogP contribution in [0.1, 0.15) is 47.5 Å². The lowest BCUT2D eigenvalue weighted by atomic mass is 9.48. The van der Waals surface area contributed by atoms with Gasteiger partial charge in [0.2, 0.25) is 5.91 Å². The maximum Gasteiger partial charge on any atom is 0.241 e. The molecule has 2 rings (SSSR count). The number of nitrogens with two attached hydrogens (primary N) is 1. The highest BCUT2D eigenvalue weighted by atomic mass is 16.5. The molecule has 2 fully saturated rings. The number of nitrogens with one attached hydrogen (secondary N) is 1. The lowest BCUT2D eigenvalue weighted by Gasteiger charge is -2.61. The first-order chi connectivity index (χ1) is 9.56. The number of ether oxygens (including phenoxy) is 1. The SMILES string of the molecule is CC(C)(C)C(CCO)NC(=O)C1(N)C2CCOC2C1(C)C. The summed E-state index contributed by atoms with van der Waals surface area (Å²) in [6, 6.07) is -0.0902. The third-order valence-electron chi connectivity index (χ3n) is 5.60. The number of carbonyl (C=O) groups excluding carboxylic acids is 1. The van der Waals surface area contributed by atoms with E-state index < -0.39 is 5.54 Å². The van der Waals surface area contributed by atoms with Gasteiger partial charge in [-0.15, -0.1) is 0 Å². The smallest absolute Gasteiger partial charge is 0.241 e. The second kappa shape index (κ2) is 5.21. The van der Waals surface area contributed by atoms with E-state index in [0.29, 0.717) is 13.0 Å². The molecule has 1 heterocycles. The van der Waals surface area contributed by atoms with E-state index in [9.17, 15) is 9.90 Å². The van der Waals surface area contributed by atoms with Gasteiger partial charge in [0, 0.05) is 30.6 Å². The molecule has 21 heavy (non-hydrogen) atoms. The Morgan fingerprint density at radius 3 is 2.62 bits per heavy atom. The molecule has 0 radical (unpaired) electrons. The van der Waals surface area contributed by atoms with Crippen molar-refractivity contribution in [2.24, 2.45) is 22.5 Å². The normalized spacial score (nSPS) is 35.8. The second-order valence-electron chi connectivity index (χ2n) is 8.18. The zero-order chi connectivity index (χ0) is 16.1.